The average Bonchev–Trinajstić information content (AvgIpc) is 3.57. The minimum Gasteiger partial charge on any atom is -0.339 e. The number of nitrogens with zero attached hydrogens (tertiary/aromatic N) is 6. The fourth-order valence-electron chi connectivity index (χ4n) is 4.95. The molecule has 0 aliphatic heterocycles. The van der Waals surface area contributed by atoms with E-state index < -0.39 is 6.04 Å². The van der Waals surface area contributed by atoms with E-state index >= 15 is 0 Å². The third-order valence-electron chi connectivity index (χ3n) is 7.04. The summed E-state index contributed by atoms with van der Waals surface area (Å²) in [5.41, 5.74) is 3.18. The zero-order valence-electron chi connectivity index (χ0n) is 20.3. The Morgan fingerprint density at radius 3 is 2.46 bits per heavy atom. The third-order valence-corrected chi connectivity index (χ3v) is 7.04. The van der Waals surface area contributed by atoms with E-state index in [-0.39, 0.29) is 17.7 Å². The van der Waals surface area contributed by atoms with E-state index in [1.165, 1.54) is 4.68 Å². The van der Waals surface area contributed by atoms with Crippen molar-refractivity contribution >= 4 is 17.6 Å². The highest BCUT2D eigenvalue weighted by molar-refractivity contribution is 6.00. The van der Waals surface area contributed by atoms with E-state index in [0.29, 0.717) is 17.6 Å². The summed E-state index contributed by atoms with van der Waals surface area (Å²) >= 11 is 0. The number of nitrogens with one attached hydrogen (secondary N) is 2. The second kappa shape index (κ2) is 9.97. The number of anilines is 1. The molecule has 2 N–H and O–H groups in total. The maximum Gasteiger partial charge on any atom is 0.270 e. The summed E-state index contributed by atoms with van der Waals surface area (Å²) in [5.74, 6) is -0.00613. The first kappa shape index (κ1) is 23.2. The molecule has 2 aliphatic carbocycles. The standard InChI is InChI=1S/C25H32N8O2/c1-16-23(33(31-30-16)19-10-11-19)18-9-12-21(26-15-18)28-25(35)22(17-7-5-3-4-6-8-17)29-24(34)20-13-14-27-32(20)2/h9,12-15,17,19,22H,3-8,10-11H2,1-2H3,(H,29,34)(H,26,28,35). The average molecular weight is 477 g/mol. The minimum atomic E-state index is -0.639. The lowest BCUT2D eigenvalue weighted by Crippen LogP contribution is -2.49. The third kappa shape index (κ3) is 5.11. The van der Waals surface area contributed by atoms with Crippen LogP contribution >= 0.6 is 0 Å². The van der Waals surface area contributed by atoms with Gasteiger partial charge in [-0.15, -0.1) is 5.10 Å². The smallest absolute Gasteiger partial charge is 0.270 e. The van der Waals surface area contributed by atoms with E-state index in [1.54, 1.807) is 31.6 Å². The first-order valence-corrected chi connectivity index (χ1v) is 12.5. The van der Waals surface area contributed by atoms with Crippen molar-refractivity contribution in [1.82, 2.24) is 35.1 Å². The van der Waals surface area contributed by atoms with E-state index in [9.17, 15) is 9.59 Å². The van der Waals surface area contributed by atoms with Crippen molar-refractivity contribution in [3.8, 4) is 11.3 Å². The molecule has 0 aromatic carbocycles. The SMILES string of the molecule is Cc1nnn(C2CC2)c1-c1ccc(NC(=O)C(NC(=O)c2ccnn2C)C2CCCCCC2)nc1. The maximum atomic E-state index is 13.4. The van der Waals surface area contributed by atoms with Crippen LogP contribution in [0.1, 0.15) is 73.6 Å². The van der Waals surface area contributed by atoms with Crippen LogP contribution in [0.15, 0.2) is 30.6 Å². The molecular formula is C25H32N8O2. The molecule has 10 heteroatoms. The van der Waals surface area contributed by atoms with Crippen LogP contribution in [-0.4, -0.2) is 47.6 Å². The summed E-state index contributed by atoms with van der Waals surface area (Å²) in [6.45, 7) is 1.94. The molecule has 2 saturated carbocycles. The molecule has 5 rings (SSSR count). The molecule has 184 valence electrons. The molecule has 2 aliphatic rings. The minimum absolute atomic E-state index is 0.0792. The second-order valence-corrected chi connectivity index (χ2v) is 9.66. The Hall–Kier alpha value is -3.56. The van der Waals surface area contributed by atoms with Gasteiger partial charge < -0.3 is 10.6 Å². The Morgan fingerprint density at radius 2 is 1.83 bits per heavy atom. The van der Waals surface area contributed by atoms with Gasteiger partial charge in [0.15, 0.2) is 0 Å². The summed E-state index contributed by atoms with van der Waals surface area (Å²) < 4.78 is 3.49. The Balaban J connectivity index is 1.33. The quantitative estimate of drug-likeness (QED) is 0.504. The number of aromatic nitrogens is 6. The van der Waals surface area contributed by atoms with Gasteiger partial charge in [-0.3, -0.25) is 14.3 Å². The Labute approximate surface area is 204 Å². The van der Waals surface area contributed by atoms with Gasteiger partial charge in [0.2, 0.25) is 5.91 Å². The monoisotopic (exact) mass is 476 g/mol. The molecule has 35 heavy (non-hydrogen) atoms. The van der Waals surface area contributed by atoms with Crippen LogP contribution in [0, 0.1) is 12.8 Å². The molecule has 2 amide bonds. The summed E-state index contributed by atoms with van der Waals surface area (Å²) in [6, 6.07) is 5.15. The normalized spacial score (nSPS) is 17.5. The molecule has 3 aromatic rings. The topological polar surface area (TPSA) is 120 Å². The zero-order valence-corrected chi connectivity index (χ0v) is 20.3. The highest BCUT2D eigenvalue weighted by Crippen LogP contribution is 2.38. The molecule has 1 unspecified atom stereocenters. The maximum absolute atomic E-state index is 13.4. The van der Waals surface area contributed by atoms with E-state index in [1.807, 2.05) is 17.7 Å². The Bertz CT molecular complexity index is 1190. The predicted molar refractivity (Wildman–Crippen MR) is 131 cm³/mol. The molecular weight excluding hydrogens is 444 g/mol. The van der Waals surface area contributed by atoms with Crippen molar-refractivity contribution in [1.29, 1.82) is 0 Å². The van der Waals surface area contributed by atoms with Gasteiger partial charge in [0, 0.05) is 25.0 Å². The summed E-state index contributed by atoms with van der Waals surface area (Å²) in [5, 5.41) is 18.5. The fourth-order valence-corrected chi connectivity index (χ4v) is 4.95. The molecule has 3 aromatic heterocycles. The molecule has 0 bridgehead atoms. The number of carbonyl (C=O) groups is 2. The van der Waals surface area contributed by atoms with Crippen LogP contribution in [0.2, 0.25) is 0 Å². The van der Waals surface area contributed by atoms with Gasteiger partial charge in [-0.2, -0.15) is 5.10 Å². The molecule has 10 nitrogen and oxygen atoms in total. The van der Waals surface area contributed by atoms with Gasteiger partial charge >= 0.3 is 0 Å². The molecule has 0 radical (unpaired) electrons. The lowest BCUT2D eigenvalue weighted by atomic mass is 9.91. The number of rotatable bonds is 7. The van der Waals surface area contributed by atoms with Gasteiger partial charge in [0.25, 0.3) is 5.91 Å². The van der Waals surface area contributed by atoms with Crippen LogP contribution in [0.5, 0.6) is 0 Å². The zero-order chi connectivity index (χ0) is 24.4. The summed E-state index contributed by atoms with van der Waals surface area (Å²) in [6.07, 6.45) is 11.8. The van der Waals surface area contributed by atoms with Crippen molar-refractivity contribution in [3.63, 3.8) is 0 Å². The molecule has 0 saturated heterocycles. The highest BCUT2D eigenvalue weighted by Gasteiger charge is 2.32. The van der Waals surface area contributed by atoms with Gasteiger partial charge in [0.1, 0.15) is 17.6 Å². The highest BCUT2D eigenvalue weighted by atomic mass is 16.2. The van der Waals surface area contributed by atoms with E-state index in [0.717, 1.165) is 68.3 Å². The van der Waals surface area contributed by atoms with Gasteiger partial charge in [0.05, 0.1) is 17.4 Å². The number of aryl methyl sites for hydroxylation is 2. The molecule has 0 spiro atoms. The Morgan fingerprint density at radius 1 is 1.06 bits per heavy atom. The van der Waals surface area contributed by atoms with Crippen LogP contribution < -0.4 is 10.6 Å². The lowest BCUT2D eigenvalue weighted by Gasteiger charge is -2.26. The van der Waals surface area contributed by atoms with Crippen LogP contribution in [0.25, 0.3) is 11.3 Å². The number of hydrogen-bond donors (Lipinski definition) is 2. The summed E-state index contributed by atoms with van der Waals surface area (Å²) in [7, 11) is 1.72. The molecule has 3 heterocycles. The number of hydrogen-bond acceptors (Lipinski definition) is 6. The number of carbonyl (C=O) groups excluding carboxylic acids is 2. The largest absolute Gasteiger partial charge is 0.339 e. The van der Waals surface area contributed by atoms with Crippen molar-refractivity contribution in [3.05, 3.63) is 42.0 Å². The van der Waals surface area contributed by atoms with E-state index in [4.69, 9.17) is 0 Å². The number of amides is 2. The van der Waals surface area contributed by atoms with Gasteiger partial charge in [-0.25, -0.2) is 9.67 Å². The van der Waals surface area contributed by atoms with Crippen molar-refractivity contribution in [2.24, 2.45) is 13.0 Å². The Kier molecular flexibility index (Phi) is 6.61. The molecule has 2 fully saturated rings. The van der Waals surface area contributed by atoms with Gasteiger partial charge in [-0.05, 0) is 56.7 Å². The second-order valence-electron chi connectivity index (χ2n) is 9.66. The first-order valence-electron chi connectivity index (χ1n) is 12.5. The van der Waals surface area contributed by atoms with E-state index in [2.05, 4.69) is 31.0 Å². The summed E-state index contributed by atoms with van der Waals surface area (Å²) in [4.78, 5) is 30.9. The van der Waals surface area contributed by atoms with Crippen molar-refractivity contribution in [2.45, 2.75) is 70.4 Å². The van der Waals surface area contributed by atoms with Crippen LogP contribution in [0.4, 0.5) is 5.82 Å². The van der Waals surface area contributed by atoms with Crippen molar-refractivity contribution in [2.75, 3.05) is 5.32 Å². The predicted octanol–water partition coefficient (Wildman–Crippen LogP) is 3.42. The number of pyridine rings is 1. The van der Waals surface area contributed by atoms with Crippen molar-refractivity contribution < 1.29 is 9.59 Å². The van der Waals surface area contributed by atoms with Crippen LogP contribution in [0.3, 0.4) is 0 Å². The lowest BCUT2D eigenvalue weighted by molar-refractivity contribution is -0.119. The fraction of sp³-hybridized carbons (Fsp3) is 0.520. The first-order chi connectivity index (χ1) is 17.0. The van der Waals surface area contributed by atoms with Crippen LogP contribution in [-0.2, 0) is 11.8 Å². The molecule has 1 atom stereocenters. The van der Waals surface area contributed by atoms with Gasteiger partial charge in [-0.1, -0.05) is 30.9 Å².